The Morgan fingerprint density at radius 2 is 1.73 bits per heavy atom. The van der Waals surface area contributed by atoms with Gasteiger partial charge in [0.1, 0.15) is 0 Å². The van der Waals surface area contributed by atoms with E-state index in [2.05, 4.69) is 4.90 Å². The standard InChI is InChI=1S/C12H19NO2/c14-11(15)3-8-13-9-6-12(7-10-13)4-1-2-5-12/h3,8H,1-2,4-7,9-10H2,(H,14,15). The number of likely N-dealkylation sites (tertiary alicyclic amines) is 1. The molecule has 0 amide bonds. The first-order valence-corrected chi connectivity index (χ1v) is 5.85. The number of rotatable bonds is 2. The molecule has 1 saturated heterocycles. The topological polar surface area (TPSA) is 40.5 Å². The second kappa shape index (κ2) is 4.25. The highest BCUT2D eigenvalue weighted by atomic mass is 16.4. The van der Waals surface area contributed by atoms with Crippen molar-refractivity contribution < 1.29 is 9.90 Å². The largest absolute Gasteiger partial charge is 0.478 e. The zero-order valence-corrected chi connectivity index (χ0v) is 9.11. The normalized spacial score (nSPS) is 25.2. The Balaban J connectivity index is 1.84. The van der Waals surface area contributed by atoms with Gasteiger partial charge in [-0.15, -0.1) is 0 Å². The molecule has 0 unspecified atom stereocenters. The van der Waals surface area contributed by atoms with E-state index in [1.165, 1.54) is 44.6 Å². The Kier molecular flexibility index (Phi) is 2.98. The summed E-state index contributed by atoms with van der Waals surface area (Å²) in [5.74, 6) is -0.851. The molecule has 15 heavy (non-hydrogen) atoms. The van der Waals surface area contributed by atoms with E-state index < -0.39 is 5.97 Å². The van der Waals surface area contributed by atoms with Crippen LogP contribution in [0.2, 0.25) is 0 Å². The maximum atomic E-state index is 10.4. The molecule has 0 bridgehead atoms. The maximum Gasteiger partial charge on any atom is 0.329 e. The van der Waals surface area contributed by atoms with Gasteiger partial charge >= 0.3 is 5.97 Å². The van der Waals surface area contributed by atoms with Crippen molar-refractivity contribution in [1.29, 1.82) is 0 Å². The quantitative estimate of drug-likeness (QED) is 0.709. The molecule has 0 aromatic heterocycles. The molecule has 0 atom stereocenters. The smallest absolute Gasteiger partial charge is 0.329 e. The van der Waals surface area contributed by atoms with Crippen LogP contribution in [0.5, 0.6) is 0 Å². The molecule has 1 N–H and O–H groups in total. The SMILES string of the molecule is O=C(O)C=CN1CCC2(CCCC2)CC1. The van der Waals surface area contributed by atoms with Crippen molar-refractivity contribution in [3.8, 4) is 0 Å². The molecule has 2 aliphatic rings. The van der Waals surface area contributed by atoms with Crippen LogP contribution in [-0.4, -0.2) is 29.1 Å². The third kappa shape index (κ3) is 2.52. The van der Waals surface area contributed by atoms with Gasteiger partial charge in [-0.25, -0.2) is 4.79 Å². The average Bonchev–Trinajstić information content (AvgIpc) is 2.66. The number of carbonyl (C=O) groups is 1. The minimum Gasteiger partial charge on any atom is -0.478 e. The summed E-state index contributed by atoms with van der Waals surface area (Å²) in [6.45, 7) is 2.06. The van der Waals surface area contributed by atoms with Crippen molar-refractivity contribution in [3.05, 3.63) is 12.3 Å². The molecule has 0 aromatic rings. The highest BCUT2D eigenvalue weighted by Gasteiger charge is 2.36. The van der Waals surface area contributed by atoms with Crippen LogP contribution < -0.4 is 0 Å². The zero-order chi connectivity index (χ0) is 10.7. The monoisotopic (exact) mass is 209 g/mol. The second-order valence-electron chi connectivity index (χ2n) is 4.90. The van der Waals surface area contributed by atoms with Gasteiger partial charge in [-0.2, -0.15) is 0 Å². The Labute approximate surface area is 90.8 Å². The molecular weight excluding hydrogens is 190 g/mol. The summed E-state index contributed by atoms with van der Waals surface area (Å²) in [7, 11) is 0. The zero-order valence-electron chi connectivity index (χ0n) is 9.11. The van der Waals surface area contributed by atoms with Crippen LogP contribution in [0.25, 0.3) is 0 Å². The van der Waals surface area contributed by atoms with Crippen molar-refractivity contribution >= 4 is 5.97 Å². The number of carboxylic acids is 1. The predicted octanol–water partition coefficient (Wildman–Crippen LogP) is 2.24. The van der Waals surface area contributed by atoms with Gasteiger partial charge in [0.25, 0.3) is 0 Å². The van der Waals surface area contributed by atoms with Gasteiger partial charge in [0.05, 0.1) is 0 Å². The van der Waals surface area contributed by atoms with Crippen LogP contribution >= 0.6 is 0 Å². The van der Waals surface area contributed by atoms with E-state index in [-0.39, 0.29) is 0 Å². The molecule has 2 fully saturated rings. The summed E-state index contributed by atoms with van der Waals surface area (Å²) in [4.78, 5) is 12.5. The van der Waals surface area contributed by atoms with E-state index >= 15 is 0 Å². The number of carboxylic acid groups (broad SMARTS) is 1. The van der Waals surface area contributed by atoms with Crippen molar-refractivity contribution in [2.24, 2.45) is 5.41 Å². The maximum absolute atomic E-state index is 10.4. The van der Waals surface area contributed by atoms with Gasteiger partial charge in [-0.05, 0) is 31.1 Å². The third-order valence-electron chi connectivity index (χ3n) is 3.95. The van der Waals surface area contributed by atoms with Crippen LogP contribution in [0.1, 0.15) is 38.5 Å². The summed E-state index contributed by atoms with van der Waals surface area (Å²) in [5, 5.41) is 8.54. The highest BCUT2D eigenvalue weighted by molar-refractivity contribution is 5.79. The lowest BCUT2D eigenvalue weighted by atomic mass is 9.77. The van der Waals surface area contributed by atoms with Crippen molar-refractivity contribution in [1.82, 2.24) is 4.90 Å². The number of nitrogens with zero attached hydrogens (tertiary/aromatic N) is 1. The molecule has 1 aliphatic heterocycles. The Morgan fingerprint density at radius 3 is 2.27 bits per heavy atom. The lowest BCUT2D eigenvalue weighted by Gasteiger charge is -2.38. The number of aliphatic carboxylic acids is 1. The lowest BCUT2D eigenvalue weighted by Crippen LogP contribution is -2.35. The van der Waals surface area contributed by atoms with Crippen molar-refractivity contribution in [3.63, 3.8) is 0 Å². The summed E-state index contributed by atoms with van der Waals surface area (Å²) in [6, 6.07) is 0. The van der Waals surface area contributed by atoms with Gasteiger partial charge < -0.3 is 10.0 Å². The Morgan fingerprint density at radius 1 is 1.13 bits per heavy atom. The van der Waals surface area contributed by atoms with E-state index in [4.69, 9.17) is 5.11 Å². The van der Waals surface area contributed by atoms with Gasteiger partial charge in [0, 0.05) is 25.4 Å². The van der Waals surface area contributed by atoms with Crippen LogP contribution in [-0.2, 0) is 4.79 Å². The van der Waals surface area contributed by atoms with E-state index in [9.17, 15) is 4.79 Å². The van der Waals surface area contributed by atoms with Gasteiger partial charge in [-0.1, -0.05) is 12.8 Å². The van der Waals surface area contributed by atoms with E-state index in [1.54, 1.807) is 6.20 Å². The first kappa shape index (κ1) is 10.5. The van der Waals surface area contributed by atoms with Gasteiger partial charge in [0.15, 0.2) is 0 Å². The molecule has 0 aromatic carbocycles. The summed E-state index contributed by atoms with van der Waals surface area (Å²) in [5.41, 5.74) is 0.619. The molecule has 1 saturated carbocycles. The summed E-state index contributed by atoms with van der Waals surface area (Å²) < 4.78 is 0. The Hall–Kier alpha value is -0.990. The number of hydrogen-bond acceptors (Lipinski definition) is 2. The molecule has 3 nitrogen and oxygen atoms in total. The fraction of sp³-hybridized carbons (Fsp3) is 0.750. The average molecular weight is 209 g/mol. The molecule has 1 aliphatic carbocycles. The van der Waals surface area contributed by atoms with E-state index in [0.717, 1.165) is 13.1 Å². The predicted molar refractivity (Wildman–Crippen MR) is 58.5 cm³/mol. The lowest BCUT2D eigenvalue weighted by molar-refractivity contribution is -0.131. The highest BCUT2D eigenvalue weighted by Crippen LogP contribution is 2.46. The summed E-state index contributed by atoms with van der Waals surface area (Å²) >= 11 is 0. The van der Waals surface area contributed by atoms with Crippen LogP contribution in [0.4, 0.5) is 0 Å². The number of hydrogen-bond donors (Lipinski definition) is 1. The molecule has 2 rings (SSSR count). The molecule has 84 valence electrons. The third-order valence-corrected chi connectivity index (χ3v) is 3.95. The molecule has 1 spiro atoms. The van der Waals surface area contributed by atoms with Crippen LogP contribution in [0.3, 0.4) is 0 Å². The van der Waals surface area contributed by atoms with Crippen molar-refractivity contribution in [2.45, 2.75) is 38.5 Å². The van der Waals surface area contributed by atoms with Crippen LogP contribution in [0, 0.1) is 5.41 Å². The van der Waals surface area contributed by atoms with E-state index in [0.29, 0.717) is 5.41 Å². The van der Waals surface area contributed by atoms with Crippen LogP contribution in [0.15, 0.2) is 12.3 Å². The number of piperidine rings is 1. The molecule has 0 radical (unpaired) electrons. The van der Waals surface area contributed by atoms with Gasteiger partial charge in [0.2, 0.25) is 0 Å². The minimum absolute atomic E-state index is 0.619. The molecular formula is C12H19NO2. The first-order chi connectivity index (χ1) is 7.20. The first-order valence-electron chi connectivity index (χ1n) is 5.85. The van der Waals surface area contributed by atoms with Gasteiger partial charge in [-0.3, -0.25) is 0 Å². The fourth-order valence-corrected chi connectivity index (χ4v) is 2.94. The Bertz CT molecular complexity index is 257. The molecule has 1 heterocycles. The van der Waals surface area contributed by atoms with E-state index in [1.807, 2.05) is 0 Å². The fourth-order valence-electron chi connectivity index (χ4n) is 2.94. The van der Waals surface area contributed by atoms with Crippen molar-refractivity contribution in [2.75, 3.05) is 13.1 Å². The molecule has 3 heteroatoms. The summed E-state index contributed by atoms with van der Waals surface area (Å²) in [6.07, 6.45) is 11.0. The minimum atomic E-state index is -0.851. The second-order valence-corrected chi connectivity index (χ2v) is 4.90.